The van der Waals surface area contributed by atoms with E-state index in [-0.39, 0.29) is 12.3 Å². The number of carbonyl (C=O) groups excluding carboxylic acids is 1. The maximum absolute atomic E-state index is 12.5. The lowest BCUT2D eigenvalue weighted by atomic mass is 10.2. The average Bonchev–Trinajstić information content (AvgIpc) is 3.34. The highest BCUT2D eigenvalue weighted by Gasteiger charge is 2.13. The highest BCUT2D eigenvalue weighted by molar-refractivity contribution is 9.10. The third-order valence-electron chi connectivity index (χ3n) is 4.33. The molecule has 0 aliphatic rings. The first-order chi connectivity index (χ1) is 14.1. The molecule has 2 aromatic carbocycles. The summed E-state index contributed by atoms with van der Waals surface area (Å²) in [5.41, 5.74) is 2.65. The van der Waals surface area contributed by atoms with Gasteiger partial charge in [-0.05, 0) is 25.1 Å². The van der Waals surface area contributed by atoms with Crippen LogP contribution in [-0.4, -0.2) is 20.7 Å². The minimum Gasteiger partial charge on any atom is -0.441 e. The summed E-state index contributed by atoms with van der Waals surface area (Å²) in [5, 5.41) is 7.42. The zero-order valence-corrected chi connectivity index (χ0v) is 17.4. The quantitative estimate of drug-likeness (QED) is 0.439. The average molecular weight is 451 g/mol. The summed E-state index contributed by atoms with van der Waals surface area (Å²) < 4.78 is 8.43. The van der Waals surface area contributed by atoms with E-state index in [0.29, 0.717) is 23.9 Å². The number of nitrogens with zero attached hydrogens (tertiary/aromatic N) is 3. The van der Waals surface area contributed by atoms with E-state index >= 15 is 0 Å². The molecule has 0 bridgehead atoms. The number of oxazole rings is 1. The van der Waals surface area contributed by atoms with Crippen molar-refractivity contribution in [2.75, 3.05) is 5.32 Å². The van der Waals surface area contributed by atoms with Crippen LogP contribution in [0.25, 0.3) is 17.0 Å². The van der Waals surface area contributed by atoms with E-state index in [9.17, 15) is 4.79 Å². The predicted molar refractivity (Wildman–Crippen MR) is 115 cm³/mol. The number of hydrogen-bond donors (Lipinski definition) is 1. The van der Waals surface area contributed by atoms with Crippen LogP contribution >= 0.6 is 15.9 Å². The Morgan fingerprint density at radius 2 is 1.97 bits per heavy atom. The molecular formula is C22H19BrN4O2. The van der Waals surface area contributed by atoms with E-state index in [2.05, 4.69) is 31.3 Å². The van der Waals surface area contributed by atoms with E-state index in [1.807, 2.05) is 67.6 Å². The number of benzene rings is 2. The van der Waals surface area contributed by atoms with Crippen molar-refractivity contribution in [1.29, 1.82) is 0 Å². The topological polar surface area (TPSA) is 73.0 Å². The normalized spacial score (nSPS) is 10.8. The molecular weight excluding hydrogens is 432 g/mol. The zero-order chi connectivity index (χ0) is 20.2. The second-order valence-corrected chi connectivity index (χ2v) is 7.51. The van der Waals surface area contributed by atoms with Crippen molar-refractivity contribution >= 4 is 27.7 Å². The largest absolute Gasteiger partial charge is 0.441 e. The molecule has 2 heterocycles. The Bertz CT molecular complexity index is 1130. The molecule has 6 nitrogen and oxygen atoms in total. The monoisotopic (exact) mass is 450 g/mol. The van der Waals surface area contributed by atoms with Gasteiger partial charge in [0.1, 0.15) is 5.82 Å². The number of aromatic nitrogens is 3. The number of amides is 1. The van der Waals surface area contributed by atoms with Gasteiger partial charge in [0.25, 0.3) is 0 Å². The third kappa shape index (κ3) is 4.63. The number of aryl methyl sites for hydroxylation is 2. The van der Waals surface area contributed by atoms with Gasteiger partial charge in [-0.1, -0.05) is 52.3 Å². The summed E-state index contributed by atoms with van der Waals surface area (Å²) in [4.78, 5) is 16.8. The standard InChI is InChI=1S/C22H19BrN4O2/c1-15-12-20(27(26-15)18-9-5-8-17(23)13-18)25-21(28)10-11-22-24-14-19(29-22)16-6-3-2-4-7-16/h2-9,12-14H,10-11H2,1H3,(H,25,28). The molecule has 0 spiro atoms. The van der Waals surface area contributed by atoms with Gasteiger partial charge >= 0.3 is 0 Å². The van der Waals surface area contributed by atoms with E-state index in [1.165, 1.54) is 0 Å². The van der Waals surface area contributed by atoms with Crippen molar-refractivity contribution in [2.24, 2.45) is 0 Å². The number of halogens is 1. The van der Waals surface area contributed by atoms with Crippen molar-refractivity contribution in [1.82, 2.24) is 14.8 Å². The van der Waals surface area contributed by atoms with Gasteiger partial charge in [-0.3, -0.25) is 4.79 Å². The van der Waals surface area contributed by atoms with E-state index in [4.69, 9.17) is 4.42 Å². The van der Waals surface area contributed by atoms with Crippen LogP contribution in [-0.2, 0) is 11.2 Å². The third-order valence-corrected chi connectivity index (χ3v) is 4.82. The fourth-order valence-electron chi connectivity index (χ4n) is 2.98. The van der Waals surface area contributed by atoms with Crippen LogP contribution in [0.4, 0.5) is 5.82 Å². The van der Waals surface area contributed by atoms with Crippen molar-refractivity contribution in [3.63, 3.8) is 0 Å². The van der Waals surface area contributed by atoms with Crippen molar-refractivity contribution in [3.05, 3.63) is 82.9 Å². The van der Waals surface area contributed by atoms with Crippen molar-refractivity contribution in [3.8, 4) is 17.0 Å². The fraction of sp³-hybridized carbons (Fsp3) is 0.136. The van der Waals surface area contributed by atoms with Crippen LogP contribution in [0.3, 0.4) is 0 Å². The molecule has 0 aliphatic carbocycles. The molecule has 0 aliphatic heterocycles. The molecule has 2 aromatic heterocycles. The van der Waals surface area contributed by atoms with Crippen LogP contribution in [0.5, 0.6) is 0 Å². The highest BCUT2D eigenvalue weighted by Crippen LogP contribution is 2.22. The Hall–Kier alpha value is -3.19. The van der Waals surface area contributed by atoms with E-state index in [0.717, 1.165) is 21.4 Å². The summed E-state index contributed by atoms with van der Waals surface area (Å²) in [7, 11) is 0. The van der Waals surface area contributed by atoms with Gasteiger partial charge in [-0.25, -0.2) is 9.67 Å². The van der Waals surface area contributed by atoms with Crippen LogP contribution < -0.4 is 5.32 Å². The first-order valence-corrected chi connectivity index (χ1v) is 10.0. The lowest BCUT2D eigenvalue weighted by Crippen LogP contribution is -2.15. The molecule has 4 aromatic rings. The lowest BCUT2D eigenvalue weighted by molar-refractivity contribution is -0.116. The number of hydrogen-bond acceptors (Lipinski definition) is 4. The van der Waals surface area contributed by atoms with Crippen LogP contribution in [0.1, 0.15) is 18.0 Å². The maximum Gasteiger partial charge on any atom is 0.226 e. The Labute approximate surface area is 176 Å². The molecule has 0 fully saturated rings. The second-order valence-electron chi connectivity index (χ2n) is 6.60. The summed E-state index contributed by atoms with van der Waals surface area (Å²) in [6, 6.07) is 19.4. The molecule has 146 valence electrons. The summed E-state index contributed by atoms with van der Waals surface area (Å²) in [5.74, 6) is 1.74. The van der Waals surface area contributed by atoms with Gasteiger partial charge in [-0.15, -0.1) is 0 Å². The zero-order valence-electron chi connectivity index (χ0n) is 15.8. The SMILES string of the molecule is Cc1cc(NC(=O)CCc2ncc(-c3ccccc3)o2)n(-c2cccc(Br)c2)n1. The predicted octanol–water partition coefficient (Wildman–Crippen LogP) is 5.17. The Morgan fingerprint density at radius 3 is 2.76 bits per heavy atom. The van der Waals surface area contributed by atoms with Crippen LogP contribution in [0, 0.1) is 6.92 Å². The van der Waals surface area contributed by atoms with E-state index < -0.39 is 0 Å². The van der Waals surface area contributed by atoms with Crippen LogP contribution in [0.2, 0.25) is 0 Å². The van der Waals surface area contributed by atoms with E-state index in [1.54, 1.807) is 10.9 Å². The molecule has 1 N–H and O–H groups in total. The van der Waals surface area contributed by atoms with Gasteiger partial charge in [0.05, 0.1) is 17.6 Å². The Morgan fingerprint density at radius 1 is 1.14 bits per heavy atom. The Kier molecular flexibility index (Phi) is 5.57. The lowest BCUT2D eigenvalue weighted by Gasteiger charge is -2.09. The maximum atomic E-state index is 12.5. The Balaban J connectivity index is 1.42. The number of nitrogens with one attached hydrogen (secondary N) is 1. The molecule has 0 unspecified atom stereocenters. The number of rotatable bonds is 6. The summed E-state index contributed by atoms with van der Waals surface area (Å²) in [6.07, 6.45) is 2.37. The van der Waals surface area contributed by atoms with Gasteiger partial charge in [0.15, 0.2) is 11.7 Å². The van der Waals surface area contributed by atoms with Gasteiger partial charge < -0.3 is 9.73 Å². The first-order valence-electron chi connectivity index (χ1n) is 9.21. The molecule has 4 rings (SSSR count). The number of carbonyl (C=O) groups is 1. The van der Waals surface area contributed by atoms with Crippen molar-refractivity contribution < 1.29 is 9.21 Å². The van der Waals surface area contributed by atoms with Gasteiger partial charge in [0.2, 0.25) is 5.91 Å². The molecule has 7 heteroatoms. The molecule has 0 atom stereocenters. The molecule has 1 amide bonds. The number of anilines is 1. The van der Waals surface area contributed by atoms with Crippen LogP contribution in [0.15, 0.2) is 75.8 Å². The minimum atomic E-state index is -0.124. The molecule has 0 saturated heterocycles. The second kappa shape index (κ2) is 8.45. The van der Waals surface area contributed by atoms with Crippen molar-refractivity contribution in [2.45, 2.75) is 19.8 Å². The smallest absolute Gasteiger partial charge is 0.226 e. The fourth-order valence-corrected chi connectivity index (χ4v) is 3.37. The minimum absolute atomic E-state index is 0.124. The highest BCUT2D eigenvalue weighted by atomic mass is 79.9. The summed E-state index contributed by atoms with van der Waals surface area (Å²) in [6.45, 7) is 1.89. The molecule has 29 heavy (non-hydrogen) atoms. The summed E-state index contributed by atoms with van der Waals surface area (Å²) >= 11 is 3.47. The molecule has 0 saturated carbocycles. The first kappa shape index (κ1) is 19.1. The molecule has 0 radical (unpaired) electrons. The van der Waals surface area contributed by atoms with Gasteiger partial charge in [0, 0.05) is 28.9 Å². The van der Waals surface area contributed by atoms with Gasteiger partial charge in [-0.2, -0.15) is 5.10 Å².